The average molecular weight is 209 g/mol. The molecule has 0 aliphatic carbocycles. The largest absolute Gasteiger partial charge is 0.396 e. The standard InChI is InChI=1S/C10H15N3S/c11-9-6-12-4-3-10(9)13-8-2-1-5-14-7-8/h3-4,6,8H,1-2,5,7,11H2,(H,12,13). The highest BCUT2D eigenvalue weighted by Crippen LogP contribution is 2.23. The van der Waals surface area contributed by atoms with Crippen LogP contribution in [0.25, 0.3) is 0 Å². The molecule has 1 aliphatic heterocycles. The second-order valence-corrected chi connectivity index (χ2v) is 4.67. The fourth-order valence-corrected chi connectivity index (χ4v) is 2.68. The number of anilines is 2. The number of pyridine rings is 1. The van der Waals surface area contributed by atoms with Gasteiger partial charge in [0.1, 0.15) is 0 Å². The van der Waals surface area contributed by atoms with Crippen molar-refractivity contribution in [3.63, 3.8) is 0 Å². The lowest BCUT2D eigenvalue weighted by atomic mass is 10.2. The highest BCUT2D eigenvalue weighted by molar-refractivity contribution is 7.99. The third kappa shape index (κ3) is 2.32. The van der Waals surface area contributed by atoms with Gasteiger partial charge in [-0.05, 0) is 24.7 Å². The molecule has 1 unspecified atom stereocenters. The number of thioether (sulfide) groups is 1. The molecule has 76 valence electrons. The van der Waals surface area contributed by atoms with Crippen LogP contribution < -0.4 is 11.1 Å². The second kappa shape index (κ2) is 4.55. The van der Waals surface area contributed by atoms with E-state index in [2.05, 4.69) is 10.3 Å². The molecule has 1 aromatic rings. The predicted molar refractivity (Wildman–Crippen MR) is 62.6 cm³/mol. The van der Waals surface area contributed by atoms with Crippen LogP contribution in [-0.2, 0) is 0 Å². The first-order valence-electron chi connectivity index (χ1n) is 4.90. The van der Waals surface area contributed by atoms with E-state index >= 15 is 0 Å². The molecule has 3 nitrogen and oxygen atoms in total. The number of hydrogen-bond acceptors (Lipinski definition) is 4. The fraction of sp³-hybridized carbons (Fsp3) is 0.500. The summed E-state index contributed by atoms with van der Waals surface area (Å²) in [5.74, 6) is 2.48. The zero-order valence-electron chi connectivity index (χ0n) is 8.07. The van der Waals surface area contributed by atoms with E-state index in [1.807, 2.05) is 17.8 Å². The number of nitrogens with two attached hydrogens (primary N) is 1. The molecule has 4 heteroatoms. The van der Waals surface area contributed by atoms with Gasteiger partial charge in [-0.3, -0.25) is 4.98 Å². The molecule has 1 saturated heterocycles. The second-order valence-electron chi connectivity index (χ2n) is 3.52. The molecular weight excluding hydrogens is 194 g/mol. The summed E-state index contributed by atoms with van der Waals surface area (Å²) in [6.45, 7) is 0. The molecule has 0 spiro atoms. The highest BCUT2D eigenvalue weighted by Gasteiger charge is 2.13. The Kier molecular flexibility index (Phi) is 3.14. The van der Waals surface area contributed by atoms with Crippen molar-refractivity contribution >= 4 is 23.1 Å². The van der Waals surface area contributed by atoms with Gasteiger partial charge in [-0.25, -0.2) is 0 Å². The van der Waals surface area contributed by atoms with E-state index in [-0.39, 0.29) is 0 Å². The number of nitrogen functional groups attached to an aromatic ring is 1. The zero-order chi connectivity index (χ0) is 9.80. The average Bonchev–Trinajstić information content (AvgIpc) is 2.23. The van der Waals surface area contributed by atoms with Gasteiger partial charge < -0.3 is 11.1 Å². The Bertz CT molecular complexity index is 297. The Hall–Kier alpha value is -0.900. The Labute approximate surface area is 88.5 Å². The molecule has 0 aromatic carbocycles. The summed E-state index contributed by atoms with van der Waals surface area (Å²) in [4.78, 5) is 3.97. The summed E-state index contributed by atoms with van der Waals surface area (Å²) in [6, 6.07) is 2.51. The van der Waals surface area contributed by atoms with Crippen LogP contribution >= 0.6 is 11.8 Å². The molecule has 1 fully saturated rings. The van der Waals surface area contributed by atoms with Crippen LogP contribution in [0.4, 0.5) is 11.4 Å². The number of nitrogens with one attached hydrogen (secondary N) is 1. The molecular formula is C10H15N3S. The Morgan fingerprint density at radius 1 is 1.57 bits per heavy atom. The van der Waals surface area contributed by atoms with E-state index in [9.17, 15) is 0 Å². The van der Waals surface area contributed by atoms with Crippen LogP contribution in [0.3, 0.4) is 0 Å². The third-order valence-electron chi connectivity index (χ3n) is 2.37. The van der Waals surface area contributed by atoms with Gasteiger partial charge in [0.2, 0.25) is 0 Å². The quantitative estimate of drug-likeness (QED) is 0.782. The molecule has 3 N–H and O–H groups in total. The Balaban J connectivity index is 1.99. The minimum Gasteiger partial charge on any atom is -0.396 e. The number of nitrogens with zero attached hydrogens (tertiary/aromatic N) is 1. The fourth-order valence-electron chi connectivity index (χ4n) is 1.61. The highest BCUT2D eigenvalue weighted by atomic mass is 32.2. The Morgan fingerprint density at radius 2 is 2.50 bits per heavy atom. The van der Waals surface area contributed by atoms with Crippen molar-refractivity contribution in [2.45, 2.75) is 18.9 Å². The van der Waals surface area contributed by atoms with Crippen molar-refractivity contribution < 1.29 is 0 Å². The van der Waals surface area contributed by atoms with Crippen molar-refractivity contribution in [3.8, 4) is 0 Å². The van der Waals surface area contributed by atoms with Crippen molar-refractivity contribution in [1.82, 2.24) is 4.98 Å². The lowest BCUT2D eigenvalue weighted by molar-refractivity contribution is 0.685. The summed E-state index contributed by atoms with van der Waals surface area (Å²) in [5.41, 5.74) is 7.57. The molecule has 1 aliphatic rings. The zero-order valence-corrected chi connectivity index (χ0v) is 8.89. The van der Waals surface area contributed by atoms with Gasteiger partial charge in [0, 0.05) is 18.0 Å². The number of hydrogen-bond donors (Lipinski definition) is 2. The molecule has 1 atom stereocenters. The number of rotatable bonds is 2. The van der Waals surface area contributed by atoms with Crippen LogP contribution in [0.2, 0.25) is 0 Å². The van der Waals surface area contributed by atoms with E-state index in [4.69, 9.17) is 5.73 Å². The van der Waals surface area contributed by atoms with Gasteiger partial charge in [-0.15, -0.1) is 0 Å². The third-order valence-corrected chi connectivity index (χ3v) is 3.59. The minimum atomic E-state index is 0.568. The monoisotopic (exact) mass is 209 g/mol. The van der Waals surface area contributed by atoms with Gasteiger partial charge in [0.15, 0.2) is 0 Å². The predicted octanol–water partition coefficient (Wildman–Crippen LogP) is 1.97. The van der Waals surface area contributed by atoms with E-state index < -0.39 is 0 Å². The maximum absolute atomic E-state index is 5.81. The van der Waals surface area contributed by atoms with Crippen LogP contribution in [0.15, 0.2) is 18.5 Å². The van der Waals surface area contributed by atoms with E-state index in [0.717, 1.165) is 11.4 Å². The maximum Gasteiger partial charge on any atom is 0.0736 e. The van der Waals surface area contributed by atoms with Gasteiger partial charge in [-0.2, -0.15) is 11.8 Å². The Morgan fingerprint density at radius 3 is 3.21 bits per heavy atom. The molecule has 0 radical (unpaired) electrons. The SMILES string of the molecule is Nc1cnccc1NC1CCCSC1. The van der Waals surface area contributed by atoms with Gasteiger partial charge >= 0.3 is 0 Å². The van der Waals surface area contributed by atoms with E-state index in [1.54, 1.807) is 12.4 Å². The molecule has 2 heterocycles. The van der Waals surface area contributed by atoms with Crippen LogP contribution in [0.1, 0.15) is 12.8 Å². The van der Waals surface area contributed by atoms with Crippen LogP contribution in [0, 0.1) is 0 Å². The van der Waals surface area contributed by atoms with Crippen molar-refractivity contribution in [2.75, 3.05) is 22.6 Å². The molecule has 0 bridgehead atoms. The topological polar surface area (TPSA) is 50.9 Å². The van der Waals surface area contributed by atoms with Gasteiger partial charge in [0.05, 0.1) is 17.6 Å². The lowest BCUT2D eigenvalue weighted by Gasteiger charge is -2.24. The first-order chi connectivity index (χ1) is 6.86. The van der Waals surface area contributed by atoms with Crippen molar-refractivity contribution in [1.29, 1.82) is 0 Å². The molecule has 0 amide bonds. The first kappa shape index (κ1) is 9.65. The van der Waals surface area contributed by atoms with E-state index in [0.29, 0.717) is 6.04 Å². The maximum atomic E-state index is 5.81. The number of aromatic nitrogens is 1. The summed E-state index contributed by atoms with van der Waals surface area (Å²) in [7, 11) is 0. The first-order valence-corrected chi connectivity index (χ1v) is 6.05. The minimum absolute atomic E-state index is 0.568. The molecule has 14 heavy (non-hydrogen) atoms. The van der Waals surface area contributed by atoms with Gasteiger partial charge in [-0.1, -0.05) is 0 Å². The normalized spacial score (nSPS) is 21.9. The lowest BCUT2D eigenvalue weighted by Crippen LogP contribution is -2.26. The molecule has 2 rings (SSSR count). The van der Waals surface area contributed by atoms with Crippen LogP contribution in [0.5, 0.6) is 0 Å². The summed E-state index contributed by atoms with van der Waals surface area (Å²) >= 11 is 2.01. The summed E-state index contributed by atoms with van der Waals surface area (Å²) < 4.78 is 0. The van der Waals surface area contributed by atoms with Crippen molar-refractivity contribution in [2.24, 2.45) is 0 Å². The molecule has 0 saturated carbocycles. The van der Waals surface area contributed by atoms with E-state index in [1.165, 1.54) is 24.3 Å². The summed E-state index contributed by atoms with van der Waals surface area (Å²) in [5, 5.41) is 3.46. The smallest absolute Gasteiger partial charge is 0.0736 e. The summed E-state index contributed by atoms with van der Waals surface area (Å²) in [6.07, 6.45) is 6.01. The van der Waals surface area contributed by atoms with Gasteiger partial charge in [0.25, 0.3) is 0 Å². The van der Waals surface area contributed by atoms with Crippen molar-refractivity contribution in [3.05, 3.63) is 18.5 Å². The van der Waals surface area contributed by atoms with Crippen LogP contribution in [-0.4, -0.2) is 22.5 Å². The molecule has 1 aromatic heterocycles.